The van der Waals surface area contributed by atoms with E-state index in [0.717, 1.165) is 12.2 Å². The molecule has 0 aromatic heterocycles. The van der Waals surface area contributed by atoms with E-state index in [9.17, 15) is 0 Å². The number of anilines is 1. The molecule has 3 nitrogen and oxygen atoms in total. The van der Waals surface area contributed by atoms with Crippen molar-refractivity contribution >= 4 is 17.3 Å². The van der Waals surface area contributed by atoms with Crippen LogP contribution in [0.3, 0.4) is 0 Å². The maximum atomic E-state index is 5.95. The quantitative estimate of drug-likeness (QED) is 0.841. The Morgan fingerprint density at radius 1 is 1.14 bits per heavy atom. The van der Waals surface area contributed by atoms with Crippen LogP contribution in [0.4, 0.5) is 5.69 Å². The lowest BCUT2D eigenvalue weighted by Crippen LogP contribution is -2.16. The Balaban J connectivity index is 1.96. The zero-order valence-corrected chi connectivity index (χ0v) is 13.9. The number of rotatable bonds is 7. The minimum atomic E-state index is 0.291. The molecule has 0 radical (unpaired) electrons. The molecule has 118 valence electrons. The first-order valence-electron chi connectivity index (χ1n) is 7.46. The average molecular weight is 319 g/mol. The van der Waals surface area contributed by atoms with Gasteiger partial charge < -0.3 is 15.4 Å². The summed E-state index contributed by atoms with van der Waals surface area (Å²) in [4.78, 5) is 2.10. The van der Waals surface area contributed by atoms with E-state index in [1.165, 1.54) is 11.3 Å². The van der Waals surface area contributed by atoms with Crippen molar-refractivity contribution in [1.29, 1.82) is 0 Å². The second-order valence-electron chi connectivity index (χ2n) is 5.52. The lowest BCUT2D eigenvalue weighted by Gasteiger charge is -2.19. The average Bonchev–Trinajstić information content (AvgIpc) is 2.52. The van der Waals surface area contributed by atoms with E-state index in [1.54, 1.807) is 0 Å². The molecule has 2 aromatic rings. The van der Waals surface area contributed by atoms with Crippen molar-refractivity contribution in [2.24, 2.45) is 5.73 Å². The Hall–Kier alpha value is -1.71. The number of benzene rings is 2. The van der Waals surface area contributed by atoms with Gasteiger partial charge in [-0.05, 0) is 54.8 Å². The third kappa shape index (κ3) is 4.65. The minimum absolute atomic E-state index is 0.291. The highest BCUT2D eigenvalue weighted by atomic mass is 35.5. The largest absolute Gasteiger partial charge is 0.494 e. The van der Waals surface area contributed by atoms with Crippen LogP contribution < -0.4 is 15.4 Å². The predicted octanol–water partition coefficient (Wildman–Crippen LogP) is 3.92. The summed E-state index contributed by atoms with van der Waals surface area (Å²) in [6.45, 7) is 1.23. The first kappa shape index (κ1) is 16.7. The summed E-state index contributed by atoms with van der Waals surface area (Å²) >= 11 is 5.95. The van der Waals surface area contributed by atoms with E-state index >= 15 is 0 Å². The Labute approximate surface area is 137 Å². The van der Waals surface area contributed by atoms with Gasteiger partial charge in [0, 0.05) is 24.8 Å². The van der Waals surface area contributed by atoms with Crippen LogP contribution in [0.1, 0.15) is 17.9 Å². The lowest BCUT2D eigenvalue weighted by atomic mass is 9.95. The molecule has 0 aliphatic heterocycles. The molecule has 0 heterocycles. The summed E-state index contributed by atoms with van der Waals surface area (Å²) < 4.78 is 5.77. The maximum Gasteiger partial charge on any atom is 0.120 e. The Morgan fingerprint density at radius 3 is 2.59 bits per heavy atom. The van der Waals surface area contributed by atoms with Crippen LogP contribution in [-0.4, -0.2) is 27.2 Å². The molecule has 0 fully saturated rings. The summed E-state index contributed by atoms with van der Waals surface area (Å²) in [5.41, 5.74) is 8.38. The Kier molecular flexibility index (Phi) is 6.10. The van der Waals surface area contributed by atoms with Crippen LogP contribution in [0.25, 0.3) is 0 Å². The highest BCUT2D eigenvalue weighted by Gasteiger charge is 2.11. The van der Waals surface area contributed by atoms with E-state index in [0.29, 0.717) is 24.1 Å². The van der Waals surface area contributed by atoms with Gasteiger partial charge in [0.2, 0.25) is 0 Å². The van der Waals surface area contributed by atoms with Gasteiger partial charge in [-0.2, -0.15) is 0 Å². The molecular weight excluding hydrogens is 296 g/mol. The van der Waals surface area contributed by atoms with Crippen LogP contribution >= 0.6 is 11.6 Å². The number of halogens is 1. The van der Waals surface area contributed by atoms with Crippen LogP contribution in [-0.2, 0) is 0 Å². The molecule has 4 heteroatoms. The fourth-order valence-electron chi connectivity index (χ4n) is 2.35. The van der Waals surface area contributed by atoms with Crippen LogP contribution in [0.2, 0.25) is 5.02 Å². The number of nitrogens with two attached hydrogens (primary N) is 1. The van der Waals surface area contributed by atoms with Crippen LogP contribution in [0.15, 0.2) is 48.5 Å². The molecule has 0 saturated carbocycles. The highest BCUT2D eigenvalue weighted by molar-refractivity contribution is 6.30. The fourth-order valence-corrected chi connectivity index (χ4v) is 2.53. The van der Waals surface area contributed by atoms with E-state index in [1.807, 2.05) is 38.4 Å². The molecule has 0 saturated heterocycles. The summed E-state index contributed by atoms with van der Waals surface area (Å²) in [5, 5.41) is 0.687. The molecule has 0 spiro atoms. The highest BCUT2D eigenvalue weighted by Crippen LogP contribution is 2.24. The molecule has 0 aliphatic rings. The third-order valence-corrected chi connectivity index (χ3v) is 3.91. The molecule has 2 rings (SSSR count). The van der Waals surface area contributed by atoms with Crippen molar-refractivity contribution in [3.8, 4) is 5.75 Å². The lowest BCUT2D eigenvalue weighted by molar-refractivity contribution is 0.298. The monoisotopic (exact) mass is 318 g/mol. The number of nitrogens with zero attached hydrogens (tertiary/aromatic N) is 1. The molecule has 22 heavy (non-hydrogen) atoms. The second-order valence-corrected chi connectivity index (χ2v) is 5.95. The molecule has 1 unspecified atom stereocenters. The van der Waals surface area contributed by atoms with E-state index in [4.69, 9.17) is 22.1 Å². The van der Waals surface area contributed by atoms with Crippen molar-refractivity contribution in [2.45, 2.75) is 12.3 Å². The van der Waals surface area contributed by atoms with E-state index in [-0.39, 0.29) is 0 Å². The van der Waals surface area contributed by atoms with Gasteiger partial charge in [-0.15, -0.1) is 0 Å². The molecule has 1 atom stereocenters. The smallest absolute Gasteiger partial charge is 0.120 e. The SMILES string of the molecule is CN(C)c1cccc(C(CN)CCOc2cccc(Cl)c2)c1. The topological polar surface area (TPSA) is 38.5 Å². The van der Waals surface area contributed by atoms with E-state index < -0.39 is 0 Å². The van der Waals surface area contributed by atoms with Crippen molar-refractivity contribution in [2.75, 3.05) is 32.1 Å². The Bertz CT molecular complexity index is 601. The van der Waals surface area contributed by atoms with Crippen molar-refractivity contribution in [3.05, 3.63) is 59.1 Å². The van der Waals surface area contributed by atoms with Crippen LogP contribution in [0.5, 0.6) is 5.75 Å². The van der Waals surface area contributed by atoms with Crippen molar-refractivity contribution in [1.82, 2.24) is 0 Å². The normalized spacial score (nSPS) is 12.0. The van der Waals surface area contributed by atoms with Gasteiger partial charge in [0.1, 0.15) is 5.75 Å². The Morgan fingerprint density at radius 2 is 1.91 bits per heavy atom. The molecule has 0 aliphatic carbocycles. The van der Waals surface area contributed by atoms with Gasteiger partial charge in [-0.3, -0.25) is 0 Å². The fraction of sp³-hybridized carbons (Fsp3) is 0.333. The van der Waals surface area contributed by atoms with Gasteiger partial charge >= 0.3 is 0 Å². The van der Waals surface area contributed by atoms with E-state index in [2.05, 4.69) is 29.2 Å². The molecule has 0 bridgehead atoms. The summed E-state index contributed by atoms with van der Waals surface area (Å²) in [6, 6.07) is 16.0. The van der Waals surface area contributed by atoms with Gasteiger partial charge in [0.05, 0.1) is 6.61 Å². The standard InChI is InChI=1S/C18H23ClN2O/c1-21(2)17-7-3-5-14(11-17)15(13-20)9-10-22-18-8-4-6-16(19)12-18/h3-8,11-12,15H,9-10,13,20H2,1-2H3. The van der Waals surface area contributed by atoms with Crippen molar-refractivity contribution < 1.29 is 4.74 Å². The minimum Gasteiger partial charge on any atom is -0.494 e. The number of hydrogen-bond donors (Lipinski definition) is 1. The number of hydrogen-bond acceptors (Lipinski definition) is 3. The third-order valence-electron chi connectivity index (χ3n) is 3.67. The first-order valence-corrected chi connectivity index (χ1v) is 7.83. The van der Waals surface area contributed by atoms with Crippen molar-refractivity contribution in [3.63, 3.8) is 0 Å². The second kappa shape index (κ2) is 8.06. The summed E-state index contributed by atoms with van der Waals surface area (Å²) in [5.74, 6) is 1.09. The summed E-state index contributed by atoms with van der Waals surface area (Å²) in [6.07, 6.45) is 0.875. The molecule has 0 amide bonds. The van der Waals surface area contributed by atoms with Gasteiger partial charge in [-0.1, -0.05) is 29.8 Å². The molecule has 2 N–H and O–H groups in total. The summed E-state index contributed by atoms with van der Waals surface area (Å²) in [7, 11) is 4.08. The first-order chi connectivity index (χ1) is 10.6. The van der Waals surface area contributed by atoms with Gasteiger partial charge in [-0.25, -0.2) is 0 Å². The van der Waals surface area contributed by atoms with Gasteiger partial charge in [0.25, 0.3) is 0 Å². The molecular formula is C18H23ClN2O. The maximum absolute atomic E-state index is 5.95. The van der Waals surface area contributed by atoms with Crippen LogP contribution in [0, 0.1) is 0 Å². The number of ether oxygens (including phenoxy) is 1. The predicted molar refractivity (Wildman–Crippen MR) is 94.1 cm³/mol. The molecule has 2 aromatic carbocycles. The zero-order chi connectivity index (χ0) is 15.9. The van der Waals surface area contributed by atoms with Gasteiger partial charge in [0.15, 0.2) is 0 Å². The zero-order valence-electron chi connectivity index (χ0n) is 13.1.